The van der Waals surface area contributed by atoms with E-state index in [0.29, 0.717) is 11.7 Å². The van der Waals surface area contributed by atoms with Crippen molar-refractivity contribution >= 4 is 0 Å². The van der Waals surface area contributed by atoms with E-state index in [0.717, 1.165) is 16.8 Å². The Labute approximate surface area is 103 Å². The molecule has 0 unspecified atom stereocenters. The predicted molar refractivity (Wildman–Crippen MR) is 63.3 cm³/mol. The number of aryl methyl sites for hydroxylation is 1. The minimum atomic E-state index is 0.409. The molecule has 6 nitrogen and oxygen atoms in total. The molecule has 3 aromatic heterocycles. The lowest BCUT2D eigenvalue weighted by molar-refractivity contribution is 0.431. The van der Waals surface area contributed by atoms with E-state index in [1.54, 1.807) is 18.6 Å². The van der Waals surface area contributed by atoms with Gasteiger partial charge < -0.3 is 4.52 Å². The zero-order valence-electron chi connectivity index (χ0n) is 9.61. The van der Waals surface area contributed by atoms with Gasteiger partial charge in [0.1, 0.15) is 6.33 Å². The second-order valence-electron chi connectivity index (χ2n) is 3.69. The molecule has 0 saturated carbocycles. The number of hydrogen-bond donors (Lipinski definition) is 0. The predicted octanol–water partition coefficient (Wildman–Crippen LogP) is 1.90. The van der Waals surface area contributed by atoms with E-state index in [9.17, 15) is 0 Å². The first-order chi connectivity index (χ1) is 8.84. The number of aromatic nitrogens is 5. The molecule has 0 spiro atoms. The zero-order valence-corrected chi connectivity index (χ0v) is 9.61. The van der Waals surface area contributed by atoms with Crippen LogP contribution in [0, 0.1) is 6.92 Å². The molecule has 0 aliphatic carbocycles. The third-order valence-corrected chi connectivity index (χ3v) is 2.49. The summed E-state index contributed by atoms with van der Waals surface area (Å²) in [6, 6.07) is 3.69. The lowest BCUT2D eigenvalue weighted by Crippen LogP contribution is -1.89. The van der Waals surface area contributed by atoms with E-state index in [1.165, 1.54) is 6.33 Å². The topological polar surface area (TPSA) is 77.6 Å². The lowest BCUT2D eigenvalue weighted by Gasteiger charge is -1.96. The number of rotatable bonds is 2. The Kier molecular flexibility index (Phi) is 2.53. The van der Waals surface area contributed by atoms with Crippen LogP contribution in [0.2, 0.25) is 0 Å². The fourth-order valence-electron chi connectivity index (χ4n) is 1.55. The van der Waals surface area contributed by atoms with Gasteiger partial charge in [-0.15, -0.1) is 0 Å². The first-order valence-electron chi connectivity index (χ1n) is 5.35. The smallest absolute Gasteiger partial charge is 0.261 e. The molecule has 0 amide bonds. The summed E-state index contributed by atoms with van der Waals surface area (Å²) >= 11 is 0. The molecule has 0 bridgehead atoms. The maximum absolute atomic E-state index is 5.22. The monoisotopic (exact) mass is 239 g/mol. The molecule has 0 atom stereocenters. The van der Waals surface area contributed by atoms with Crippen LogP contribution in [0.1, 0.15) is 5.69 Å². The molecule has 0 radical (unpaired) electrons. The summed E-state index contributed by atoms with van der Waals surface area (Å²) in [7, 11) is 0. The number of nitrogens with zero attached hydrogens (tertiary/aromatic N) is 5. The van der Waals surface area contributed by atoms with Gasteiger partial charge in [0, 0.05) is 24.2 Å². The summed E-state index contributed by atoms with van der Waals surface area (Å²) in [6.07, 6.45) is 6.52. The highest BCUT2D eigenvalue weighted by atomic mass is 16.5. The van der Waals surface area contributed by atoms with Gasteiger partial charge in [-0.3, -0.25) is 4.98 Å². The van der Waals surface area contributed by atoms with Crippen LogP contribution in [-0.4, -0.2) is 25.1 Å². The molecule has 0 N–H and O–H groups in total. The second kappa shape index (κ2) is 4.33. The van der Waals surface area contributed by atoms with Crippen LogP contribution in [0.5, 0.6) is 0 Å². The first-order valence-corrected chi connectivity index (χ1v) is 5.35. The highest BCUT2D eigenvalue weighted by Gasteiger charge is 2.13. The van der Waals surface area contributed by atoms with Crippen molar-refractivity contribution in [2.75, 3.05) is 0 Å². The molecule has 3 heterocycles. The Morgan fingerprint density at radius 1 is 1.17 bits per heavy atom. The largest absolute Gasteiger partial charge is 0.333 e. The van der Waals surface area contributed by atoms with E-state index in [1.807, 2.05) is 19.1 Å². The van der Waals surface area contributed by atoms with Crippen molar-refractivity contribution in [3.63, 3.8) is 0 Å². The van der Waals surface area contributed by atoms with Crippen molar-refractivity contribution in [2.24, 2.45) is 0 Å². The average Bonchev–Trinajstić information content (AvgIpc) is 2.90. The highest BCUT2D eigenvalue weighted by Crippen LogP contribution is 2.22. The van der Waals surface area contributed by atoms with Gasteiger partial charge in [0.15, 0.2) is 0 Å². The Hall–Kier alpha value is -2.63. The Morgan fingerprint density at radius 3 is 2.89 bits per heavy atom. The van der Waals surface area contributed by atoms with E-state index in [-0.39, 0.29) is 0 Å². The number of pyridine rings is 1. The van der Waals surface area contributed by atoms with Gasteiger partial charge in [0.25, 0.3) is 5.89 Å². The van der Waals surface area contributed by atoms with Crippen molar-refractivity contribution in [1.29, 1.82) is 0 Å². The Balaban J connectivity index is 2.03. The van der Waals surface area contributed by atoms with Crippen LogP contribution < -0.4 is 0 Å². The van der Waals surface area contributed by atoms with E-state index < -0.39 is 0 Å². The van der Waals surface area contributed by atoms with Crippen molar-refractivity contribution in [3.8, 4) is 22.8 Å². The van der Waals surface area contributed by atoms with Gasteiger partial charge in [0.2, 0.25) is 5.82 Å². The molecule has 18 heavy (non-hydrogen) atoms. The minimum absolute atomic E-state index is 0.409. The average molecular weight is 239 g/mol. The molecule has 0 saturated heterocycles. The quantitative estimate of drug-likeness (QED) is 0.679. The summed E-state index contributed by atoms with van der Waals surface area (Å²) in [4.78, 5) is 16.4. The summed E-state index contributed by atoms with van der Waals surface area (Å²) in [6.45, 7) is 1.87. The molecule has 0 aliphatic rings. The van der Waals surface area contributed by atoms with Crippen molar-refractivity contribution in [1.82, 2.24) is 25.1 Å². The maximum atomic E-state index is 5.22. The summed E-state index contributed by atoms with van der Waals surface area (Å²) in [5, 5.41) is 3.92. The summed E-state index contributed by atoms with van der Waals surface area (Å²) in [5.74, 6) is 0.910. The summed E-state index contributed by atoms with van der Waals surface area (Å²) in [5.41, 5.74) is 2.34. The highest BCUT2D eigenvalue weighted by molar-refractivity contribution is 5.59. The van der Waals surface area contributed by atoms with Crippen LogP contribution >= 0.6 is 0 Å². The van der Waals surface area contributed by atoms with Crippen LogP contribution in [0.3, 0.4) is 0 Å². The van der Waals surface area contributed by atoms with Crippen molar-refractivity contribution < 1.29 is 4.52 Å². The Bertz CT molecular complexity index is 665. The molecular formula is C12H9N5O. The molecule has 6 heteroatoms. The second-order valence-corrected chi connectivity index (χ2v) is 3.69. The van der Waals surface area contributed by atoms with Gasteiger partial charge in [-0.1, -0.05) is 5.16 Å². The van der Waals surface area contributed by atoms with Crippen molar-refractivity contribution in [2.45, 2.75) is 6.92 Å². The van der Waals surface area contributed by atoms with Crippen LogP contribution in [0.15, 0.2) is 41.6 Å². The van der Waals surface area contributed by atoms with E-state index >= 15 is 0 Å². The molecule has 0 fully saturated rings. The third-order valence-electron chi connectivity index (χ3n) is 2.49. The maximum Gasteiger partial charge on any atom is 0.261 e. The standard InChI is InChI=1S/C12H9N5O/c1-8-10(6-14-7-15-8)12-16-11(17-18-12)9-3-2-4-13-5-9/h2-7H,1H3. The molecule has 0 aromatic carbocycles. The summed E-state index contributed by atoms with van der Waals surface area (Å²) < 4.78 is 5.22. The molecule has 3 rings (SSSR count). The van der Waals surface area contributed by atoms with Gasteiger partial charge in [0.05, 0.1) is 11.3 Å². The van der Waals surface area contributed by atoms with Crippen LogP contribution in [0.4, 0.5) is 0 Å². The molecular weight excluding hydrogens is 230 g/mol. The van der Waals surface area contributed by atoms with Crippen molar-refractivity contribution in [3.05, 3.63) is 42.7 Å². The molecule has 0 aliphatic heterocycles. The SMILES string of the molecule is Cc1ncncc1-c1nc(-c2cccnc2)no1. The Morgan fingerprint density at radius 2 is 2.11 bits per heavy atom. The normalized spacial score (nSPS) is 10.5. The molecule has 3 aromatic rings. The van der Waals surface area contributed by atoms with Gasteiger partial charge in [-0.05, 0) is 19.1 Å². The molecule has 88 valence electrons. The van der Waals surface area contributed by atoms with Gasteiger partial charge in [-0.2, -0.15) is 4.98 Å². The van der Waals surface area contributed by atoms with E-state index in [4.69, 9.17) is 4.52 Å². The van der Waals surface area contributed by atoms with Gasteiger partial charge >= 0.3 is 0 Å². The fourth-order valence-corrected chi connectivity index (χ4v) is 1.55. The van der Waals surface area contributed by atoms with Crippen LogP contribution in [0.25, 0.3) is 22.8 Å². The third kappa shape index (κ3) is 1.84. The first kappa shape index (κ1) is 10.5. The van der Waals surface area contributed by atoms with Gasteiger partial charge in [-0.25, -0.2) is 9.97 Å². The fraction of sp³-hybridized carbons (Fsp3) is 0.0833. The number of hydrogen-bond acceptors (Lipinski definition) is 6. The van der Waals surface area contributed by atoms with Crippen LogP contribution in [-0.2, 0) is 0 Å². The lowest BCUT2D eigenvalue weighted by atomic mass is 10.2. The minimum Gasteiger partial charge on any atom is -0.333 e. The zero-order chi connectivity index (χ0) is 12.4. The van der Waals surface area contributed by atoms with E-state index in [2.05, 4.69) is 25.1 Å².